The van der Waals surface area contributed by atoms with Gasteiger partial charge in [-0.2, -0.15) is 0 Å². The third kappa shape index (κ3) is 2.90. The molecular weight excluding hydrogens is 310 g/mol. The maximum Gasteiger partial charge on any atom is 0.324 e. The summed E-state index contributed by atoms with van der Waals surface area (Å²) >= 11 is 5.76. The van der Waals surface area contributed by atoms with Gasteiger partial charge in [0.15, 0.2) is 0 Å². The van der Waals surface area contributed by atoms with Crippen LogP contribution in [0.15, 0.2) is 42.5 Å². The smallest absolute Gasteiger partial charge is 0.318 e. The number of anilines is 1. The van der Waals surface area contributed by atoms with E-state index in [1.807, 2.05) is 0 Å². The number of nitrogens with zero attached hydrogens (tertiary/aromatic N) is 2. The van der Waals surface area contributed by atoms with E-state index in [1.165, 1.54) is 30.3 Å². The van der Waals surface area contributed by atoms with Crippen molar-refractivity contribution in [1.29, 1.82) is 0 Å². The zero-order valence-corrected chi connectivity index (χ0v) is 12.4. The summed E-state index contributed by atoms with van der Waals surface area (Å²) in [5, 5.41) is -0.0118. The molecule has 3 rings (SSSR count). The fourth-order valence-electron chi connectivity index (χ4n) is 2.43. The van der Waals surface area contributed by atoms with Crippen LogP contribution in [0.5, 0.6) is 0 Å². The number of carbonyl (C=O) groups is 1. The summed E-state index contributed by atoms with van der Waals surface area (Å²) in [6.45, 7) is 1.46. The van der Waals surface area contributed by atoms with Gasteiger partial charge in [0.25, 0.3) is 0 Å². The minimum Gasteiger partial charge on any atom is -0.318 e. The van der Waals surface area contributed by atoms with Gasteiger partial charge in [0.2, 0.25) is 0 Å². The monoisotopic (exact) mass is 322 g/mol. The van der Waals surface area contributed by atoms with Crippen molar-refractivity contribution >= 4 is 23.3 Å². The number of carbonyl (C=O) groups excluding carboxylic acids is 1. The Bertz CT molecular complexity index is 706. The molecule has 0 N–H and O–H groups in total. The van der Waals surface area contributed by atoms with Gasteiger partial charge in [-0.15, -0.1) is 0 Å². The lowest BCUT2D eigenvalue weighted by Gasteiger charge is -2.19. The number of halogens is 3. The Hall–Kier alpha value is -2.14. The largest absolute Gasteiger partial charge is 0.324 e. The van der Waals surface area contributed by atoms with Crippen LogP contribution in [0.3, 0.4) is 0 Å². The minimum absolute atomic E-state index is 0.0118. The van der Waals surface area contributed by atoms with Gasteiger partial charge in [-0.3, -0.25) is 4.90 Å². The number of urea groups is 1. The van der Waals surface area contributed by atoms with Crippen molar-refractivity contribution in [1.82, 2.24) is 4.90 Å². The highest BCUT2D eigenvalue weighted by Crippen LogP contribution is 2.26. The second-order valence-electron chi connectivity index (χ2n) is 5.08. The Morgan fingerprint density at radius 3 is 2.45 bits per heavy atom. The molecule has 2 aromatic rings. The van der Waals surface area contributed by atoms with Crippen LogP contribution in [0.4, 0.5) is 19.3 Å². The number of rotatable bonds is 3. The molecule has 1 fully saturated rings. The zero-order chi connectivity index (χ0) is 15.7. The van der Waals surface area contributed by atoms with Gasteiger partial charge in [0.1, 0.15) is 11.6 Å². The van der Waals surface area contributed by atoms with Crippen molar-refractivity contribution in [3.8, 4) is 0 Å². The molecule has 1 aliphatic rings. The predicted octanol–water partition coefficient (Wildman–Crippen LogP) is 4.06. The minimum atomic E-state index is -0.514. The maximum absolute atomic E-state index is 13.2. The summed E-state index contributed by atoms with van der Waals surface area (Å²) in [7, 11) is 0. The Kier molecular flexibility index (Phi) is 3.98. The molecule has 0 bridgehead atoms. The maximum atomic E-state index is 13.2. The average molecular weight is 323 g/mol. The Labute approximate surface area is 131 Å². The van der Waals surface area contributed by atoms with Crippen LogP contribution in [-0.4, -0.2) is 24.0 Å². The molecular formula is C16H13ClF2N2O. The van der Waals surface area contributed by atoms with Gasteiger partial charge in [-0.1, -0.05) is 23.7 Å². The second-order valence-corrected chi connectivity index (χ2v) is 5.49. The van der Waals surface area contributed by atoms with Crippen molar-refractivity contribution in [2.45, 2.75) is 6.54 Å². The first-order chi connectivity index (χ1) is 10.5. The summed E-state index contributed by atoms with van der Waals surface area (Å²) < 4.78 is 26.1. The molecule has 2 amide bonds. The standard InChI is InChI=1S/C16H13ClF2N2O/c17-14-9-13(5-6-15(14)19)21-8-7-20(16(21)22)10-11-1-3-12(18)4-2-11/h1-6,9H,7-8,10H2. The first-order valence-electron chi connectivity index (χ1n) is 6.80. The Morgan fingerprint density at radius 2 is 1.77 bits per heavy atom. The summed E-state index contributed by atoms with van der Waals surface area (Å²) in [6, 6.07) is 10.1. The lowest BCUT2D eigenvalue weighted by molar-refractivity contribution is 0.219. The topological polar surface area (TPSA) is 23.6 Å². The summed E-state index contributed by atoms with van der Waals surface area (Å²) in [5.41, 5.74) is 1.42. The molecule has 6 heteroatoms. The molecule has 1 aliphatic heterocycles. The van der Waals surface area contributed by atoms with Crippen LogP contribution in [-0.2, 0) is 6.54 Å². The van der Waals surface area contributed by atoms with E-state index in [4.69, 9.17) is 11.6 Å². The highest BCUT2D eigenvalue weighted by molar-refractivity contribution is 6.31. The molecule has 2 aromatic carbocycles. The third-order valence-electron chi connectivity index (χ3n) is 3.60. The van der Waals surface area contributed by atoms with Crippen molar-refractivity contribution < 1.29 is 13.6 Å². The average Bonchev–Trinajstić information content (AvgIpc) is 2.86. The van der Waals surface area contributed by atoms with Crippen molar-refractivity contribution in [3.63, 3.8) is 0 Å². The van der Waals surface area contributed by atoms with Crippen molar-refractivity contribution in [2.24, 2.45) is 0 Å². The highest BCUT2D eigenvalue weighted by Gasteiger charge is 2.29. The van der Waals surface area contributed by atoms with Gasteiger partial charge in [-0.25, -0.2) is 13.6 Å². The molecule has 0 aromatic heterocycles. The molecule has 0 aliphatic carbocycles. The number of amides is 2. The van der Waals surface area contributed by atoms with E-state index in [-0.39, 0.29) is 16.9 Å². The number of benzene rings is 2. The molecule has 1 heterocycles. The van der Waals surface area contributed by atoms with Crippen molar-refractivity contribution in [3.05, 3.63) is 64.7 Å². The van der Waals surface area contributed by atoms with Gasteiger partial charge < -0.3 is 4.90 Å². The lowest BCUT2D eigenvalue weighted by Crippen LogP contribution is -2.31. The molecule has 1 saturated heterocycles. The van der Waals surface area contributed by atoms with Crippen LogP contribution in [0.2, 0.25) is 5.02 Å². The summed E-state index contributed by atoms with van der Waals surface area (Å²) in [4.78, 5) is 15.6. The molecule has 114 valence electrons. The molecule has 22 heavy (non-hydrogen) atoms. The van der Waals surface area contributed by atoms with Crippen LogP contribution >= 0.6 is 11.6 Å². The second kappa shape index (κ2) is 5.93. The van der Waals surface area contributed by atoms with Gasteiger partial charge >= 0.3 is 6.03 Å². The van der Waals surface area contributed by atoms with E-state index in [1.54, 1.807) is 21.9 Å². The molecule has 0 spiro atoms. The van der Waals surface area contributed by atoms with Crippen molar-refractivity contribution in [2.75, 3.05) is 18.0 Å². The van der Waals surface area contributed by atoms with Crippen LogP contribution in [0.1, 0.15) is 5.56 Å². The van der Waals surface area contributed by atoms with Gasteiger partial charge in [0.05, 0.1) is 5.02 Å². The first kappa shape index (κ1) is 14.8. The first-order valence-corrected chi connectivity index (χ1v) is 7.18. The normalized spacial score (nSPS) is 14.8. The predicted molar refractivity (Wildman–Crippen MR) is 81.0 cm³/mol. The summed E-state index contributed by atoms with van der Waals surface area (Å²) in [5.74, 6) is -0.820. The lowest BCUT2D eigenvalue weighted by atomic mass is 10.2. The van der Waals surface area contributed by atoms with E-state index in [0.29, 0.717) is 25.3 Å². The quantitative estimate of drug-likeness (QED) is 0.836. The fourth-order valence-corrected chi connectivity index (χ4v) is 2.61. The Balaban J connectivity index is 1.74. The highest BCUT2D eigenvalue weighted by atomic mass is 35.5. The molecule has 0 atom stereocenters. The van der Waals surface area contributed by atoms with Gasteiger partial charge in [-0.05, 0) is 35.9 Å². The molecule has 3 nitrogen and oxygen atoms in total. The summed E-state index contributed by atoms with van der Waals surface area (Å²) in [6.07, 6.45) is 0. The van der Waals surface area contributed by atoms with E-state index in [2.05, 4.69) is 0 Å². The molecule has 0 radical (unpaired) electrons. The van der Waals surface area contributed by atoms with Crippen LogP contribution < -0.4 is 4.90 Å². The zero-order valence-electron chi connectivity index (χ0n) is 11.6. The number of hydrogen-bond acceptors (Lipinski definition) is 1. The fraction of sp³-hybridized carbons (Fsp3) is 0.188. The molecule has 0 saturated carbocycles. The van der Waals surface area contributed by atoms with E-state index >= 15 is 0 Å². The SMILES string of the molecule is O=C1N(Cc2ccc(F)cc2)CCN1c1ccc(F)c(Cl)c1. The number of hydrogen-bond donors (Lipinski definition) is 0. The van der Waals surface area contributed by atoms with Gasteiger partial charge in [0, 0.05) is 25.3 Å². The third-order valence-corrected chi connectivity index (χ3v) is 3.89. The Morgan fingerprint density at radius 1 is 1.05 bits per heavy atom. The van der Waals surface area contributed by atoms with E-state index in [0.717, 1.165) is 5.56 Å². The molecule has 0 unspecified atom stereocenters. The van der Waals surface area contributed by atoms with E-state index in [9.17, 15) is 13.6 Å². The van der Waals surface area contributed by atoms with E-state index < -0.39 is 5.82 Å². The van der Waals surface area contributed by atoms with Crippen LogP contribution in [0.25, 0.3) is 0 Å². The van der Waals surface area contributed by atoms with Crippen LogP contribution in [0, 0.1) is 11.6 Å².